The van der Waals surface area contributed by atoms with Gasteiger partial charge in [0.2, 0.25) is 0 Å². The lowest BCUT2D eigenvalue weighted by molar-refractivity contribution is 0.102. The van der Waals surface area contributed by atoms with Gasteiger partial charge in [0.05, 0.1) is 5.52 Å². The molecule has 0 atom stereocenters. The quantitative estimate of drug-likeness (QED) is 0.610. The van der Waals surface area contributed by atoms with Gasteiger partial charge in [-0.05, 0) is 56.7 Å². The van der Waals surface area contributed by atoms with E-state index < -0.39 is 0 Å². The molecule has 124 valence electrons. The van der Waals surface area contributed by atoms with Crippen LogP contribution in [0.1, 0.15) is 27.4 Å². The average Bonchev–Trinajstić information content (AvgIpc) is 3.00. The predicted octanol–water partition coefficient (Wildman–Crippen LogP) is 3.46. The molecule has 4 aromatic rings. The maximum Gasteiger partial charge on any atom is 0.278 e. The van der Waals surface area contributed by atoms with Crippen molar-refractivity contribution < 1.29 is 4.79 Å². The zero-order valence-electron chi connectivity index (χ0n) is 14.2. The van der Waals surface area contributed by atoms with Gasteiger partial charge in [0.25, 0.3) is 5.91 Å². The molecule has 0 radical (unpaired) electrons. The summed E-state index contributed by atoms with van der Waals surface area (Å²) >= 11 is 0. The molecule has 0 spiro atoms. The second kappa shape index (κ2) is 5.66. The molecule has 4 rings (SSSR count). The van der Waals surface area contributed by atoms with Gasteiger partial charge >= 0.3 is 0 Å². The lowest BCUT2D eigenvalue weighted by atomic mass is 10.1. The number of nitrogens with zero attached hydrogens (tertiary/aromatic N) is 4. The number of fused-ring (bicyclic) bond motifs is 2. The minimum Gasteiger partial charge on any atom is -0.321 e. The van der Waals surface area contributed by atoms with E-state index in [1.54, 1.807) is 12.5 Å². The number of benzene rings is 1. The van der Waals surface area contributed by atoms with Crippen LogP contribution in [-0.2, 0) is 0 Å². The summed E-state index contributed by atoms with van der Waals surface area (Å²) in [5, 5.41) is 3.93. The van der Waals surface area contributed by atoms with Crippen LogP contribution in [0, 0.1) is 20.8 Å². The first-order valence-corrected chi connectivity index (χ1v) is 8.01. The molecule has 6 heteroatoms. The van der Waals surface area contributed by atoms with Crippen molar-refractivity contribution in [1.82, 2.24) is 19.4 Å². The molecule has 0 aliphatic rings. The van der Waals surface area contributed by atoms with E-state index in [0.29, 0.717) is 17.0 Å². The van der Waals surface area contributed by atoms with Crippen molar-refractivity contribution in [3.8, 4) is 0 Å². The third kappa shape index (κ3) is 2.61. The standard InChI is InChI=1S/C19H17N5O/c1-11-6-7-20-16-5-4-14(9-15(11)16)23-19(25)17-18-22-12(2)8-13(3)24(18)10-21-17/h4-10H,1-3H3,(H,23,25). The summed E-state index contributed by atoms with van der Waals surface area (Å²) in [6.45, 7) is 5.89. The number of aromatic nitrogens is 4. The van der Waals surface area contributed by atoms with Crippen LogP contribution in [0.3, 0.4) is 0 Å². The van der Waals surface area contributed by atoms with E-state index in [2.05, 4.69) is 20.3 Å². The largest absolute Gasteiger partial charge is 0.321 e. The van der Waals surface area contributed by atoms with Gasteiger partial charge in [-0.3, -0.25) is 14.2 Å². The van der Waals surface area contributed by atoms with Crippen LogP contribution in [0.2, 0.25) is 0 Å². The third-order valence-corrected chi connectivity index (χ3v) is 4.25. The highest BCUT2D eigenvalue weighted by Gasteiger charge is 2.16. The Morgan fingerprint density at radius 1 is 1.08 bits per heavy atom. The van der Waals surface area contributed by atoms with Gasteiger partial charge in [-0.25, -0.2) is 9.97 Å². The first-order valence-electron chi connectivity index (χ1n) is 8.01. The Labute approximate surface area is 144 Å². The lowest BCUT2D eigenvalue weighted by Crippen LogP contribution is -2.13. The molecular formula is C19H17N5O. The molecule has 6 nitrogen and oxygen atoms in total. The third-order valence-electron chi connectivity index (χ3n) is 4.25. The van der Waals surface area contributed by atoms with Crippen LogP contribution in [0.4, 0.5) is 5.69 Å². The Balaban J connectivity index is 1.72. The number of nitrogens with one attached hydrogen (secondary N) is 1. The molecule has 0 bridgehead atoms. The van der Waals surface area contributed by atoms with Crippen molar-refractivity contribution in [1.29, 1.82) is 0 Å². The number of amides is 1. The molecule has 3 aromatic heterocycles. The van der Waals surface area contributed by atoms with Crippen LogP contribution in [0.15, 0.2) is 42.9 Å². The molecule has 1 N–H and O–H groups in total. The molecule has 0 unspecified atom stereocenters. The van der Waals surface area contributed by atoms with Crippen LogP contribution in [0.5, 0.6) is 0 Å². The summed E-state index contributed by atoms with van der Waals surface area (Å²) in [5.41, 5.74) is 5.44. The van der Waals surface area contributed by atoms with Gasteiger partial charge < -0.3 is 5.32 Å². The Hall–Kier alpha value is -3.28. The van der Waals surface area contributed by atoms with E-state index in [1.165, 1.54) is 0 Å². The van der Waals surface area contributed by atoms with Crippen LogP contribution in [0.25, 0.3) is 16.6 Å². The molecular weight excluding hydrogens is 314 g/mol. The van der Waals surface area contributed by atoms with Crippen LogP contribution in [-0.4, -0.2) is 25.3 Å². The number of aryl methyl sites for hydroxylation is 3. The maximum absolute atomic E-state index is 12.7. The summed E-state index contributed by atoms with van der Waals surface area (Å²) in [5.74, 6) is -0.277. The van der Waals surface area contributed by atoms with Gasteiger partial charge in [0.15, 0.2) is 11.3 Å². The number of anilines is 1. The molecule has 1 aromatic carbocycles. The Morgan fingerprint density at radius 2 is 1.92 bits per heavy atom. The number of pyridine rings is 1. The zero-order valence-corrected chi connectivity index (χ0v) is 14.2. The minimum absolute atomic E-state index is 0.277. The van der Waals surface area contributed by atoms with Gasteiger partial charge in [-0.2, -0.15) is 0 Å². The first-order chi connectivity index (χ1) is 12.0. The highest BCUT2D eigenvalue weighted by atomic mass is 16.1. The van der Waals surface area contributed by atoms with Crippen molar-refractivity contribution in [2.24, 2.45) is 0 Å². The Morgan fingerprint density at radius 3 is 2.76 bits per heavy atom. The second-order valence-electron chi connectivity index (χ2n) is 6.14. The monoisotopic (exact) mass is 331 g/mol. The molecule has 25 heavy (non-hydrogen) atoms. The van der Waals surface area contributed by atoms with Crippen molar-refractivity contribution in [2.45, 2.75) is 20.8 Å². The van der Waals surface area contributed by atoms with Crippen molar-refractivity contribution in [3.63, 3.8) is 0 Å². The van der Waals surface area contributed by atoms with Gasteiger partial charge in [-0.15, -0.1) is 0 Å². The fourth-order valence-corrected chi connectivity index (χ4v) is 2.99. The van der Waals surface area contributed by atoms with Crippen molar-refractivity contribution in [2.75, 3.05) is 5.32 Å². The summed E-state index contributed by atoms with van der Waals surface area (Å²) in [7, 11) is 0. The molecule has 3 heterocycles. The number of carbonyl (C=O) groups is 1. The molecule has 0 aliphatic carbocycles. The van der Waals surface area contributed by atoms with Crippen LogP contribution >= 0.6 is 0 Å². The smallest absolute Gasteiger partial charge is 0.278 e. The topological polar surface area (TPSA) is 72.2 Å². The number of hydrogen-bond donors (Lipinski definition) is 1. The van der Waals surface area contributed by atoms with E-state index in [9.17, 15) is 4.79 Å². The number of imidazole rings is 1. The molecule has 0 fully saturated rings. The summed E-state index contributed by atoms with van der Waals surface area (Å²) < 4.78 is 1.82. The van der Waals surface area contributed by atoms with Crippen molar-refractivity contribution in [3.05, 3.63) is 65.5 Å². The summed E-state index contributed by atoms with van der Waals surface area (Å²) in [6.07, 6.45) is 3.41. The Bertz CT molecular complexity index is 1130. The maximum atomic E-state index is 12.7. The van der Waals surface area contributed by atoms with Crippen LogP contribution < -0.4 is 5.32 Å². The van der Waals surface area contributed by atoms with E-state index in [1.807, 2.05) is 55.5 Å². The van der Waals surface area contributed by atoms with Gasteiger partial charge in [0, 0.05) is 28.7 Å². The first kappa shape index (κ1) is 15.3. The molecule has 0 aliphatic heterocycles. The fraction of sp³-hybridized carbons (Fsp3) is 0.158. The fourth-order valence-electron chi connectivity index (χ4n) is 2.99. The number of rotatable bonds is 2. The van der Waals surface area contributed by atoms with E-state index in [4.69, 9.17) is 0 Å². The summed E-state index contributed by atoms with van der Waals surface area (Å²) in [4.78, 5) is 25.7. The SMILES string of the molecule is Cc1cc(C)n2cnc(C(=O)Nc3ccc4nccc(C)c4c3)c2n1. The van der Waals surface area contributed by atoms with Gasteiger partial charge in [-0.1, -0.05) is 0 Å². The highest BCUT2D eigenvalue weighted by Crippen LogP contribution is 2.21. The highest BCUT2D eigenvalue weighted by molar-refractivity contribution is 6.07. The van der Waals surface area contributed by atoms with E-state index >= 15 is 0 Å². The number of carbonyl (C=O) groups excluding carboxylic acids is 1. The summed E-state index contributed by atoms with van der Waals surface area (Å²) in [6, 6.07) is 9.57. The van der Waals surface area contributed by atoms with E-state index in [-0.39, 0.29) is 5.91 Å². The number of hydrogen-bond acceptors (Lipinski definition) is 4. The molecule has 1 amide bonds. The zero-order chi connectivity index (χ0) is 17.6. The van der Waals surface area contributed by atoms with Crippen molar-refractivity contribution >= 4 is 28.1 Å². The van der Waals surface area contributed by atoms with E-state index in [0.717, 1.165) is 27.9 Å². The van der Waals surface area contributed by atoms with Gasteiger partial charge in [0.1, 0.15) is 6.33 Å². The average molecular weight is 331 g/mol. The molecule has 0 saturated heterocycles. The second-order valence-corrected chi connectivity index (χ2v) is 6.14. The minimum atomic E-state index is -0.277. The molecule has 0 saturated carbocycles. The lowest BCUT2D eigenvalue weighted by Gasteiger charge is -2.07. The predicted molar refractivity (Wildman–Crippen MR) is 96.9 cm³/mol. The normalized spacial score (nSPS) is 11.2. The Kier molecular flexibility index (Phi) is 3.46.